The second-order valence-electron chi connectivity index (χ2n) is 4.38. The van der Waals surface area contributed by atoms with Crippen LogP contribution in [-0.4, -0.2) is 0 Å². The lowest BCUT2D eigenvalue weighted by Gasteiger charge is -2.05. The minimum Gasteiger partial charge on any atom is -0.103 e. The molecule has 0 heteroatoms. The first-order valence-corrected chi connectivity index (χ1v) is 6.23. The second kappa shape index (κ2) is 6.02. The van der Waals surface area contributed by atoms with Crippen molar-refractivity contribution in [2.75, 3.05) is 0 Å². The molecule has 0 unspecified atom stereocenters. The zero-order chi connectivity index (χ0) is 12.8. The molecule has 0 aromatic heterocycles. The molecule has 0 bridgehead atoms. The molecular weight excluding hydrogens is 216 g/mol. The lowest BCUT2D eigenvalue weighted by atomic mass is 10.00. The van der Waals surface area contributed by atoms with Crippen LogP contribution in [-0.2, 0) is 12.8 Å². The summed E-state index contributed by atoms with van der Waals surface area (Å²) in [6.07, 6.45) is 5.71. The lowest BCUT2D eigenvalue weighted by molar-refractivity contribution is 1.27. The quantitative estimate of drug-likeness (QED) is 0.651. The monoisotopic (exact) mass is 234 g/mol. The summed E-state index contributed by atoms with van der Waals surface area (Å²) in [4.78, 5) is 0. The van der Waals surface area contributed by atoms with Gasteiger partial charge in [0.1, 0.15) is 0 Å². The molecule has 2 aromatic carbocycles. The molecule has 0 heterocycles. The minimum atomic E-state index is 0.919. The summed E-state index contributed by atoms with van der Waals surface area (Å²) in [5.74, 6) is 0. The molecule has 18 heavy (non-hydrogen) atoms. The highest BCUT2D eigenvalue weighted by molar-refractivity contribution is 5.64. The molecule has 0 radical (unpaired) electrons. The summed E-state index contributed by atoms with van der Waals surface area (Å²) in [7, 11) is 0. The van der Waals surface area contributed by atoms with Crippen LogP contribution < -0.4 is 0 Å². The van der Waals surface area contributed by atoms with Crippen molar-refractivity contribution < 1.29 is 0 Å². The van der Waals surface area contributed by atoms with E-state index in [1.165, 1.54) is 22.3 Å². The average molecular weight is 234 g/mol. The zero-order valence-electron chi connectivity index (χ0n) is 10.6. The van der Waals surface area contributed by atoms with Gasteiger partial charge in [-0.2, -0.15) is 0 Å². The Labute approximate surface area is 109 Å². The molecule has 0 atom stereocenters. The van der Waals surface area contributed by atoms with Crippen molar-refractivity contribution in [1.82, 2.24) is 0 Å². The molecule has 0 spiro atoms. The smallest absolute Gasteiger partial charge is 0.00999 e. The van der Waals surface area contributed by atoms with Gasteiger partial charge in [-0.25, -0.2) is 0 Å². The summed E-state index contributed by atoms with van der Waals surface area (Å²) in [6.45, 7) is 7.54. The molecule has 0 nitrogen and oxygen atoms in total. The Morgan fingerprint density at radius 2 is 1.39 bits per heavy atom. The van der Waals surface area contributed by atoms with Crippen LogP contribution in [0.25, 0.3) is 11.1 Å². The van der Waals surface area contributed by atoms with Crippen molar-refractivity contribution in [3.8, 4) is 11.1 Å². The average Bonchev–Trinajstić information content (AvgIpc) is 2.41. The first kappa shape index (κ1) is 12.4. The third kappa shape index (κ3) is 2.98. The largest absolute Gasteiger partial charge is 0.103 e. The van der Waals surface area contributed by atoms with E-state index in [2.05, 4.69) is 61.7 Å². The Hall–Kier alpha value is -2.08. The third-order valence-corrected chi connectivity index (χ3v) is 2.97. The minimum absolute atomic E-state index is 0.919. The van der Waals surface area contributed by atoms with E-state index in [4.69, 9.17) is 0 Å². The molecule has 0 saturated carbocycles. The van der Waals surface area contributed by atoms with E-state index in [-0.39, 0.29) is 0 Å². The molecule has 0 aliphatic heterocycles. The molecule has 0 aliphatic carbocycles. The van der Waals surface area contributed by atoms with Crippen LogP contribution in [0.1, 0.15) is 11.1 Å². The lowest BCUT2D eigenvalue weighted by Crippen LogP contribution is -1.85. The predicted octanol–water partition coefficient (Wildman–Crippen LogP) is 4.81. The van der Waals surface area contributed by atoms with Crippen molar-refractivity contribution in [3.05, 3.63) is 85.0 Å². The second-order valence-corrected chi connectivity index (χ2v) is 4.38. The Balaban J connectivity index is 2.27. The van der Waals surface area contributed by atoms with Gasteiger partial charge >= 0.3 is 0 Å². The van der Waals surface area contributed by atoms with E-state index < -0.39 is 0 Å². The Kier molecular flexibility index (Phi) is 4.14. The highest BCUT2D eigenvalue weighted by Crippen LogP contribution is 2.21. The Bertz CT molecular complexity index is 532. The van der Waals surface area contributed by atoms with Gasteiger partial charge in [0, 0.05) is 0 Å². The van der Waals surface area contributed by atoms with Crippen LogP contribution >= 0.6 is 0 Å². The van der Waals surface area contributed by atoms with Crippen LogP contribution in [0.4, 0.5) is 0 Å². The van der Waals surface area contributed by atoms with E-state index >= 15 is 0 Å². The van der Waals surface area contributed by atoms with Crippen molar-refractivity contribution in [3.63, 3.8) is 0 Å². The molecule has 0 amide bonds. The van der Waals surface area contributed by atoms with E-state index in [0.29, 0.717) is 0 Å². The molecule has 0 aliphatic rings. The van der Waals surface area contributed by atoms with Crippen LogP contribution in [0.15, 0.2) is 73.8 Å². The maximum atomic E-state index is 3.78. The first-order valence-electron chi connectivity index (χ1n) is 6.23. The van der Waals surface area contributed by atoms with Gasteiger partial charge in [-0.15, -0.1) is 13.2 Å². The number of rotatable bonds is 5. The highest BCUT2D eigenvalue weighted by atomic mass is 14.0. The van der Waals surface area contributed by atoms with Crippen LogP contribution in [0.5, 0.6) is 0 Å². The van der Waals surface area contributed by atoms with E-state index in [1.807, 2.05) is 12.2 Å². The van der Waals surface area contributed by atoms with Gasteiger partial charge in [-0.05, 0) is 35.1 Å². The fourth-order valence-corrected chi connectivity index (χ4v) is 2.04. The molecular formula is C18H18. The van der Waals surface area contributed by atoms with Gasteiger partial charge in [0.25, 0.3) is 0 Å². The SMILES string of the molecule is C=CCc1ccc(-c2cccc(CC=C)c2)cc1. The molecule has 2 rings (SSSR count). The van der Waals surface area contributed by atoms with E-state index in [1.54, 1.807) is 0 Å². The van der Waals surface area contributed by atoms with Gasteiger partial charge in [0.05, 0.1) is 0 Å². The first-order chi connectivity index (χ1) is 8.83. The fourth-order valence-electron chi connectivity index (χ4n) is 2.04. The summed E-state index contributed by atoms with van der Waals surface area (Å²) < 4.78 is 0. The zero-order valence-corrected chi connectivity index (χ0v) is 10.6. The maximum Gasteiger partial charge on any atom is -0.00999 e. The van der Waals surface area contributed by atoms with Crippen molar-refractivity contribution >= 4 is 0 Å². The topological polar surface area (TPSA) is 0 Å². The Morgan fingerprint density at radius 3 is 2.06 bits per heavy atom. The van der Waals surface area contributed by atoms with Crippen molar-refractivity contribution in [1.29, 1.82) is 0 Å². The van der Waals surface area contributed by atoms with Gasteiger partial charge in [0.15, 0.2) is 0 Å². The molecule has 90 valence electrons. The number of allylic oxidation sites excluding steroid dienone is 2. The van der Waals surface area contributed by atoms with Crippen LogP contribution in [0.3, 0.4) is 0 Å². The molecule has 0 N–H and O–H groups in total. The van der Waals surface area contributed by atoms with Gasteiger partial charge in [-0.3, -0.25) is 0 Å². The van der Waals surface area contributed by atoms with Crippen LogP contribution in [0.2, 0.25) is 0 Å². The van der Waals surface area contributed by atoms with Crippen LogP contribution in [0, 0.1) is 0 Å². The summed E-state index contributed by atoms with van der Waals surface area (Å²) >= 11 is 0. The standard InChI is InChI=1S/C18H18/c1-3-6-15-10-12-17(13-11-15)18-9-5-8-16(14-18)7-4-2/h3-5,8-14H,1-2,6-7H2. The normalized spacial score (nSPS) is 10.0. The molecule has 0 fully saturated rings. The summed E-state index contributed by atoms with van der Waals surface area (Å²) in [5.41, 5.74) is 5.13. The van der Waals surface area contributed by atoms with E-state index in [0.717, 1.165) is 12.8 Å². The highest BCUT2D eigenvalue weighted by Gasteiger charge is 1.99. The molecule has 2 aromatic rings. The Morgan fingerprint density at radius 1 is 0.722 bits per heavy atom. The number of benzene rings is 2. The van der Waals surface area contributed by atoms with Crippen molar-refractivity contribution in [2.45, 2.75) is 12.8 Å². The van der Waals surface area contributed by atoms with Crippen molar-refractivity contribution in [2.24, 2.45) is 0 Å². The summed E-state index contributed by atoms with van der Waals surface area (Å²) in [6, 6.07) is 17.3. The molecule has 0 saturated heterocycles. The fraction of sp³-hybridized carbons (Fsp3) is 0.111. The number of hydrogen-bond acceptors (Lipinski definition) is 0. The van der Waals surface area contributed by atoms with Gasteiger partial charge < -0.3 is 0 Å². The van der Waals surface area contributed by atoms with Gasteiger partial charge in [0.2, 0.25) is 0 Å². The predicted molar refractivity (Wildman–Crippen MR) is 79.7 cm³/mol. The van der Waals surface area contributed by atoms with Gasteiger partial charge in [-0.1, -0.05) is 60.7 Å². The number of hydrogen-bond donors (Lipinski definition) is 0. The summed E-state index contributed by atoms with van der Waals surface area (Å²) in [5, 5.41) is 0. The van der Waals surface area contributed by atoms with E-state index in [9.17, 15) is 0 Å². The third-order valence-electron chi connectivity index (χ3n) is 2.97. The maximum absolute atomic E-state index is 3.78.